The molecule has 2 heteroatoms. The second-order valence-electron chi connectivity index (χ2n) is 13.9. The molecule has 3 fully saturated rings. The highest BCUT2D eigenvalue weighted by Crippen LogP contribution is 2.71. The Labute approximate surface area is 196 Å². The lowest BCUT2D eigenvalue weighted by Gasteiger charge is -2.59. The van der Waals surface area contributed by atoms with Crippen molar-refractivity contribution in [2.45, 2.75) is 118 Å². The Morgan fingerprint density at radius 1 is 1.03 bits per heavy atom. The van der Waals surface area contributed by atoms with Crippen molar-refractivity contribution in [1.82, 2.24) is 0 Å². The normalized spacial score (nSPS) is 47.0. The van der Waals surface area contributed by atoms with Crippen LogP contribution in [0.3, 0.4) is 0 Å². The zero-order valence-corrected chi connectivity index (χ0v) is 21.9. The van der Waals surface area contributed by atoms with Gasteiger partial charge in [-0.2, -0.15) is 0 Å². The fraction of sp³-hybridized carbons (Fsp3) is 0.833. The first-order valence-corrected chi connectivity index (χ1v) is 13.4. The summed E-state index contributed by atoms with van der Waals surface area (Å²) in [5.74, 6) is 2.44. The van der Waals surface area contributed by atoms with Crippen molar-refractivity contribution in [3.8, 4) is 0 Å². The van der Waals surface area contributed by atoms with Crippen LogP contribution in [0.1, 0.15) is 107 Å². The minimum Gasteiger partial charge on any atom is -0.367 e. The third-order valence-corrected chi connectivity index (χ3v) is 11.8. The number of hydrogen-bond donors (Lipinski definition) is 0. The van der Waals surface area contributed by atoms with Gasteiger partial charge in [-0.15, -0.1) is 0 Å². The number of Topliss-reactive ketones (excluding diaryl/α,β-unsaturated/α-hetero) is 1. The fourth-order valence-corrected chi connectivity index (χ4v) is 9.11. The molecule has 0 aromatic carbocycles. The standard InChI is InChI=1S/C30H46O2/c1-19(9-12-25-27(4,5)32-25)20-13-17-30(8)22-10-11-23-26(2,3)24(31)15-16-28(23,6)21(22)14-18-29(20,30)7/h10,14,19-20,23,25H,9,11-13,15-18H2,1-8H3/t19-,20-,23+,25?,28-,29-,30+/m1/s1. The smallest absolute Gasteiger partial charge is 0.138 e. The SMILES string of the molecule is C[C@H](CCC1OC1(C)C)[C@H]1CC[C@@]2(C)C3=CC[C@H]4C(C)(C)C(=O)CC[C@]4(C)C3=CC[C@]12C. The number of allylic oxidation sites excluding steroid dienone is 4. The summed E-state index contributed by atoms with van der Waals surface area (Å²) < 4.78 is 5.88. The van der Waals surface area contributed by atoms with E-state index in [1.807, 2.05) is 0 Å². The van der Waals surface area contributed by atoms with Gasteiger partial charge in [0.15, 0.2) is 0 Å². The van der Waals surface area contributed by atoms with Gasteiger partial charge in [-0.05, 0) is 104 Å². The molecule has 0 bridgehead atoms. The number of ketones is 1. The van der Waals surface area contributed by atoms with Crippen molar-refractivity contribution in [1.29, 1.82) is 0 Å². The van der Waals surface area contributed by atoms with Crippen molar-refractivity contribution in [3.05, 3.63) is 23.3 Å². The average molecular weight is 439 g/mol. The molecule has 0 N–H and O–H groups in total. The van der Waals surface area contributed by atoms with E-state index >= 15 is 0 Å². The van der Waals surface area contributed by atoms with E-state index in [9.17, 15) is 4.79 Å². The number of carbonyl (C=O) groups is 1. The van der Waals surface area contributed by atoms with Gasteiger partial charge in [0.25, 0.3) is 0 Å². The van der Waals surface area contributed by atoms with Crippen LogP contribution < -0.4 is 0 Å². The van der Waals surface area contributed by atoms with Crippen molar-refractivity contribution >= 4 is 5.78 Å². The number of epoxide rings is 1. The van der Waals surface area contributed by atoms with E-state index in [2.05, 4.69) is 67.5 Å². The van der Waals surface area contributed by atoms with Crippen molar-refractivity contribution in [2.24, 2.45) is 39.4 Å². The highest BCUT2D eigenvalue weighted by Gasteiger charge is 2.63. The maximum atomic E-state index is 12.8. The quantitative estimate of drug-likeness (QED) is 0.421. The van der Waals surface area contributed by atoms with Crippen LogP contribution in [0.15, 0.2) is 23.3 Å². The maximum Gasteiger partial charge on any atom is 0.138 e. The Morgan fingerprint density at radius 3 is 2.38 bits per heavy atom. The topological polar surface area (TPSA) is 29.6 Å². The van der Waals surface area contributed by atoms with Gasteiger partial charge in [0.2, 0.25) is 0 Å². The fourth-order valence-electron chi connectivity index (χ4n) is 9.11. The van der Waals surface area contributed by atoms with E-state index in [4.69, 9.17) is 4.74 Å². The summed E-state index contributed by atoms with van der Waals surface area (Å²) in [6.45, 7) is 19.1. The van der Waals surface area contributed by atoms with Crippen molar-refractivity contribution < 1.29 is 9.53 Å². The summed E-state index contributed by atoms with van der Waals surface area (Å²) in [5.41, 5.74) is 3.96. The number of hydrogen-bond acceptors (Lipinski definition) is 2. The average Bonchev–Trinajstić information content (AvgIpc) is 3.22. The molecule has 0 aromatic rings. The van der Waals surface area contributed by atoms with E-state index in [1.165, 1.54) is 32.1 Å². The predicted octanol–water partition coefficient (Wildman–Crippen LogP) is 7.67. The Hall–Kier alpha value is -0.890. The van der Waals surface area contributed by atoms with Gasteiger partial charge < -0.3 is 4.74 Å². The van der Waals surface area contributed by atoms with E-state index in [0.29, 0.717) is 23.2 Å². The molecule has 5 rings (SSSR count). The largest absolute Gasteiger partial charge is 0.367 e. The first kappa shape index (κ1) is 22.9. The second kappa shape index (κ2) is 6.83. The van der Waals surface area contributed by atoms with Gasteiger partial charge in [-0.1, -0.05) is 53.7 Å². The summed E-state index contributed by atoms with van der Waals surface area (Å²) in [4.78, 5) is 12.8. The molecule has 7 atom stereocenters. The van der Waals surface area contributed by atoms with Crippen LogP contribution in [-0.2, 0) is 9.53 Å². The van der Waals surface area contributed by atoms with Crippen molar-refractivity contribution in [2.75, 3.05) is 0 Å². The number of ether oxygens (including phenoxy) is 1. The van der Waals surface area contributed by atoms with E-state index in [1.54, 1.807) is 11.1 Å². The van der Waals surface area contributed by atoms with Crippen LogP contribution >= 0.6 is 0 Å². The third-order valence-electron chi connectivity index (χ3n) is 11.8. The number of fused-ring (bicyclic) bond motifs is 5. The van der Waals surface area contributed by atoms with Crippen LogP contribution in [0.2, 0.25) is 0 Å². The molecular weight excluding hydrogens is 392 g/mol. The monoisotopic (exact) mass is 438 g/mol. The van der Waals surface area contributed by atoms with E-state index in [-0.39, 0.29) is 21.8 Å². The van der Waals surface area contributed by atoms with Crippen LogP contribution in [0.5, 0.6) is 0 Å². The Balaban J connectivity index is 1.43. The van der Waals surface area contributed by atoms with E-state index in [0.717, 1.165) is 31.1 Å². The first-order valence-electron chi connectivity index (χ1n) is 13.4. The van der Waals surface area contributed by atoms with Crippen LogP contribution in [0.25, 0.3) is 0 Å². The van der Waals surface area contributed by atoms with Gasteiger partial charge in [-0.3, -0.25) is 4.79 Å². The summed E-state index contributed by atoms with van der Waals surface area (Å²) in [6.07, 6.45) is 14.9. The predicted molar refractivity (Wildman–Crippen MR) is 131 cm³/mol. The molecule has 0 aromatic heterocycles. The molecule has 4 aliphatic carbocycles. The third kappa shape index (κ3) is 2.90. The maximum absolute atomic E-state index is 12.8. The Bertz CT molecular complexity index is 891. The molecular formula is C30H46O2. The summed E-state index contributed by atoms with van der Waals surface area (Å²) in [6, 6.07) is 0. The molecule has 0 amide bonds. The molecule has 2 saturated carbocycles. The summed E-state index contributed by atoms with van der Waals surface area (Å²) >= 11 is 0. The highest BCUT2D eigenvalue weighted by atomic mass is 16.6. The lowest BCUT2D eigenvalue weighted by molar-refractivity contribution is -0.138. The van der Waals surface area contributed by atoms with Gasteiger partial charge in [0.05, 0.1) is 11.7 Å². The minimum atomic E-state index is -0.205. The molecule has 0 spiro atoms. The zero-order chi connectivity index (χ0) is 23.3. The molecule has 0 radical (unpaired) electrons. The zero-order valence-electron chi connectivity index (χ0n) is 21.9. The number of carbonyl (C=O) groups excluding carboxylic acids is 1. The molecule has 178 valence electrons. The minimum absolute atomic E-state index is 0.115. The Morgan fingerprint density at radius 2 is 1.72 bits per heavy atom. The summed E-state index contributed by atoms with van der Waals surface area (Å²) in [7, 11) is 0. The second-order valence-corrected chi connectivity index (χ2v) is 13.9. The molecule has 1 heterocycles. The first-order chi connectivity index (χ1) is 14.8. The van der Waals surface area contributed by atoms with Crippen molar-refractivity contribution in [3.63, 3.8) is 0 Å². The Kier molecular flexibility index (Phi) is 4.89. The molecule has 2 nitrogen and oxygen atoms in total. The van der Waals surface area contributed by atoms with Crippen LogP contribution in [-0.4, -0.2) is 17.5 Å². The van der Waals surface area contributed by atoms with Gasteiger partial charge in [0, 0.05) is 11.8 Å². The van der Waals surface area contributed by atoms with E-state index < -0.39 is 0 Å². The highest BCUT2D eigenvalue weighted by molar-refractivity contribution is 5.86. The molecule has 5 aliphatic rings. The molecule has 1 saturated heterocycles. The van der Waals surface area contributed by atoms with Crippen LogP contribution in [0.4, 0.5) is 0 Å². The molecule has 1 unspecified atom stereocenters. The lowest BCUT2D eigenvalue weighted by atomic mass is 9.44. The van der Waals surface area contributed by atoms with Gasteiger partial charge in [0.1, 0.15) is 5.78 Å². The lowest BCUT2D eigenvalue weighted by Crippen LogP contribution is -2.53. The van der Waals surface area contributed by atoms with Gasteiger partial charge >= 0.3 is 0 Å². The van der Waals surface area contributed by atoms with Gasteiger partial charge in [-0.25, -0.2) is 0 Å². The summed E-state index contributed by atoms with van der Waals surface area (Å²) in [5, 5.41) is 0. The van der Waals surface area contributed by atoms with Crippen LogP contribution in [0, 0.1) is 39.4 Å². The number of rotatable bonds is 4. The molecule has 1 aliphatic heterocycles. The molecule has 32 heavy (non-hydrogen) atoms.